The Morgan fingerprint density at radius 3 is 2.82 bits per heavy atom. The van der Waals surface area contributed by atoms with Crippen LogP contribution in [-0.2, 0) is 0 Å². The second kappa shape index (κ2) is 5.80. The minimum Gasteiger partial charge on any atom is -0.398 e. The quantitative estimate of drug-likeness (QED) is 0.693. The molecule has 4 N–H and O–H groups in total. The van der Waals surface area contributed by atoms with E-state index in [0.29, 0.717) is 23.5 Å². The molecule has 1 rings (SSSR count). The van der Waals surface area contributed by atoms with Gasteiger partial charge in [-0.15, -0.1) is 0 Å². The van der Waals surface area contributed by atoms with Gasteiger partial charge in [0.05, 0.1) is 16.9 Å². The van der Waals surface area contributed by atoms with E-state index in [1.54, 1.807) is 36.9 Å². The number of rotatable bonds is 5. The lowest BCUT2D eigenvalue weighted by Crippen LogP contribution is -2.36. The third-order valence-electron chi connectivity index (χ3n) is 2.30. The van der Waals surface area contributed by atoms with E-state index in [2.05, 4.69) is 5.32 Å². The highest BCUT2D eigenvalue weighted by atomic mass is 32.2. The Labute approximate surface area is 106 Å². The van der Waals surface area contributed by atoms with Crippen molar-refractivity contribution >= 4 is 23.1 Å². The van der Waals surface area contributed by atoms with Gasteiger partial charge >= 0.3 is 0 Å². The highest BCUT2D eigenvalue weighted by Gasteiger charge is 2.19. The van der Waals surface area contributed by atoms with Gasteiger partial charge in [-0.25, -0.2) is 0 Å². The molecule has 0 aromatic heterocycles. The van der Waals surface area contributed by atoms with E-state index in [4.69, 9.17) is 11.0 Å². The maximum Gasteiger partial charge on any atom is 0.101 e. The van der Waals surface area contributed by atoms with E-state index in [9.17, 15) is 5.11 Å². The zero-order valence-corrected chi connectivity index (χ0v) is 10.8. The molecule has 0 spiro atoms. The van der Waals surface area contributed by atoms with E-state index in [0.717, 1.165) is 5.69 Å². The number of aliphatic hydroxyl groups is 1. The molecule has 0 saturated heterocycles. The molecule has 0 bridgehead atoms. The standard InChI is InChI=1S/C12H17N3OS/c1-12(16,8-17-2)7-15-10-4-3-9(6-13)11(14)5-10/h3-5,15-16H,7-8,14H2,1-2H3. The number of benzene rings is 1. The van der Waals surface area contributed by atoms with Crippen LogP contribution in [-0.4, -0.2) is 29.3 Å². The van der Waals surface area contributed by atoms with Crippen LogP contribution in [0.2, 0.25) is 0 Å². The van der Waals surface area contributed by atoms with Gasteiger partial charge in [0, 0.05) is 18.0 Å². The summed E-state index contributed by atoms with van der Waals surface area (Å²) < 4.78 is 0. The van der Waals surface area contributed by atoms with Crippen LogP contribution >= 0.6 is 11.8 Å². The summed E-state index contributed by atoms with van der Waals surface area (Å²) in [4.78, 5) is 0. The maximum absolute atomic E-state index is 9.98. The van der Waals surface area contributed by atoms with Crippen molar-refractivity contribution in [3.05, 3.63) is 23.8 Å². The fourth-order valence-electron chi connectivity index (χ4n) is 1.43. The minimum absolute atomic E-state index is 0.444. The van der Waals surface area contributed by atoms with Gasteiger partial charge in [-0.05, 0) is 31.4 Å². The zero-order chi connectivity index (χ0) is 12.9. The number of nitrogen functional groups attached to an aromatic ring is 1. The summed E-state index contributed by atoms with van der Waals surface area (Å²) in [5.74, 6) is 0.658. The van der Waals surface area contributed by atoms with Crippen LogP contribution in [0.5, 0.6) is 0 Å². The Morgan fingerprint density at radius 1 is 1.59 bits per heavy atom. The molecule has 0 heterocycles. The van der Waals surface area contributed by atoms with Crippen molar-refractivity contribution in [3.63, 3.8) is 0 Å². The SMILES string of the molecule is CSCC(C)(O)CNc1ccc(C#N)c(N)c1. The van der Waals surface area contributed by atoms with Gasteiger partial charge in [0.25, 0.3) is 0 Å². The summed E-state index contributed by atoms with van der Waals surface area (Å²) >= 11 is 1.60. The molecule has 0 saturated carbocycles. The number of thioether (sulfide) groups is 1. The molecule has 0 aliphatic heterocycles. The first-order chi connectivity index (χ1) is 7.98. The van der Waals surface area contributed by atoms with E-state index in [-0.39, 0.29) is 0 Å². The molecule has 1 aromatic rings. The zero-order valence-electron chi connectivity index (χ0n) is 10.0. The smallest absolute Gasteiger partial charge is 0.101 e. The molecule has 0 aliphatic carbocycles. The molecule has 0 fully saturated rings. The number of anilines is 2. The molecule has 5 heteroatoms. The lowest BCUT2D eigenvalue weighted by atomic mass is 10.1. The topological polar surface area (TPSA) is 82.1 Å². The molecule has 17 heavy (non-hydrogen) atoms. The van der Waals surface area contributed by atoms with Gasteiger partial charge in [0.15, 0.2) is 0 Å². The first kappa shape index (κ1) is 13.7. The van der Waals surface area contributed by atoms with Gasteiger partial charge in [-0.3, -0.25) is 0 Å². The molecule has 1 unspecified atom stereocenters. The number of nitrogens with zero attached hydrogens (tertiary/aromatic N) is 1. The fourth-order valence-corrected chi connectivity index (χ4v) is 2.15. The Kier molecular flexibility index (Phi) is 4.67. The number of hydrogen-bond acceptors (Lipinski definition) is 5. The molecule has 92 valence electrons. The highest BCUT2D eigenvalue weighted by Crippen LogP contribution is 2.18. The summed E-state index contributed by atoms with van der Waals surface area (Å²) in [6.45, 7) is 2.22. The Bertz CT molecular complexity index is 426. The van der Waals surface area contributed by atoms with Crippen LogP contribution in [0.4, 0.5) is 11.4 Å². The number of nitriles is 1. The second-order valence-corrected chi connectivity index (χ2v) is 5.06. The Balaban J connectivity index is 2.65. The fraction of sp³-hybridized carbons (Fsp3) is 0.417. The molecule has 4 nitrogen and oxygen atoms in total. The predicted octanol–water partition coefficient (Wildman–Crippen LogP) is 1.67. The van der Waals surface area contributed by atoms with Crippen LogP contribution in [0.1, 0.15) is 12.5 Å². The maximum atomic E-state index is 9.98. The van der Waals surface area contributed by atoms with Crippen molar-refractivity contribution < 1.29 is 5.11 Å². The van der Waals surface area contributed by atoms with Crippen LogP contribution in [0, 0.1) is 11.3 Å². The first-order valence-corrected chi connectivity index (χ1v) is 6.63. The average Bonchev–Trinajstić information content (AvgIpc) is 2.27. The van der Waals surface area contributed by atoms with Gasteiger partial charge < -0.3 is 16.2 Å². The summed E-state index contributed by atoms with van der Waals surface area (Å²) in [5, 5.41) is 21.8. The highest BCUT2D eigenvalue weighted by molar-refractivity contribution is 7.98. The lowest BCUT2D eigenvalue weighted by molar-refractivity contribution is 0.0997. The van der Waals surface area contributed by atoms with Crippen molar-refractivity contribution in [1.29, 1.82) is 5.26 Å². The third kappa shape index (κ3) is 4.17. The van der Waals surface area contributed by atoms with Crippen molar-refractivity contribution in [2.75, 3.05) is 29.6 Å². The summed E-state index contributed by atoms with van der Waals surface area (Å²) in [5.41, 5.74) is 6.66. The lowest BCUT2D eigenvalue weighted by Gasteiger charge is -2.23. The molecule has 1 aromatic carbocycles. The van der Waals surface area contributed by atoms with Crippen molar-refractivity contribution in [2.45, 2.75) is 12.5 Å². The van der Waals surface area contributed by atoms with Crippen LogP contribution in [0.25, 0.3) is 0 Å². The summed E-state index contributed by atoms with van der Waals surface area (Å²) in [6, 6.07) is 7.16. The van der Waals surface area contributed by atoms with Gasteiger partial charge in [0.2, 0.25) is 0 Å². The normalized spacial score (nSPS) is 13.8. The average molecular weight is 251 g/mol. The summed E-state index contributed by atoms with van der Waals surface area (Å²) in [6.07, 6.45) is 1.95. The van der Waals surface area contributed by atoms with Crippen molar-refractivity contribution in [3.8, 4) is 6.07 Å². The van der Waals surface area contributed by atoms with Crippen LogP contribution in [0.3, 0.4) is 0 Å². The minimum atomic E-state index is -0.762. The molecule has 0 amide bonds. The first-order valence-electron chi connectivity index (χ1n) is 5.23. The van der Waals surface area contributed by atoms with Crippen molar-refractivity contribution in [2.24, 2.45) is 0 Å². The molecule has 0 radical (unpaired) electrons. The second-order valence-electron chi connectivity index (χ2n) is 4.20. The Morgan fingerprint density at radius 2 is 2.29 bits per heavy atom. The monoisotopic (exact) mass is 251 g/mol. The van der Waals surface area contributed by atoms with Gasteiger partial charge in [0.1, 0.15) is 6.07 Å². The largest absolute Gasteiger partial charge is 0.398 e. The molecule has 1 atom stereocenters. The molecular formula is C12H17N3OS. The third-order valence-corrected chi connectivity index (χ3v) is 3.21. The van der Waals surface area contributed by atoms with E-state index >= 15 is 0 Å². The summed E-state index contributed by atoms with van der Waals surface area (Å²) in [7, 11) is 0. The number of nitrogens with one attached hydrogen (secondary N) is 1. The predicted molar refractivity (Wildman–Crippen MR) is 73.1 cm³/mol. The van der Waals surface area contributed by atoms with Gasteiger partial charge in [-0.2, -0.15) is 17.0 Å². The van der Waals surface area contributed by atoms with E-state index in [1.165, 1.54) is 0 Å². The van der Waals surface area contributed by atoms with Crippen molar-refractivity contribution in [1.82, 2.24) is 0 Å². The van der Waals surface area contributed by atoms with E-state index < -0.39 is 5.60 Å². The van der Waals surface area contributed by atoms with Gasteiger partial charge in [-0.1, -0.05) is 0 Å². The Hall–Kier alpha value is -1.38. The van der Waals surface area contributed by atoms with Crippen LogP contribution in [0.15, 0.2) is 18.2 Å². The number of hydrogen-bond donors (Lipinski definition) is 3. The molecule has 0 aliphatic rings. The van der Waals surface area contributed by atoms with Crippen LogP contribution < -0.4 is 11.1 Å². The molecular weight excluding hydrogens is 234 g/mol. The van der Waals surface area contributed by atoms with E-state index in [1.807, 2.05) is 12.3 Å². The number of nitrogens with two attached hydrogens (primary N) is 1.